The van der Waals surface area contributed by atoms with Crippen molar-refractivity contribution in [2.24, 2.45) is 17.8 Å². The molecule has 1 fully saturated rings. The van der Waals surface area contributed by atoms with Crippen molar-refractivity contribution >= 4 is 34.0 Å². The van der Waals surface area contributed by atoms with Crippen molar-refractivity contribution in [1.82, 2.24) is 4.90 Å². The largest absolute Gasteiger partial charge is 0.391 e. The lowest BCUT2D eigenvalue weighted by molar-refractivity contribution is -0.184. The van der Waals surface area contributed by atoms with Gasteiger partial charge in [-0.15, -0.1) is 23.1 Å². The van der Waals surface area contributed by atoms with Gasteiger partial charge >= 0.3 is 6.18 Å². The zero-order valence-corrected chi connectivity index (χ0v) is 22.3. The Labute approximate surface area is 214 Å². The van der Waals surface area contributed by atoms with Crippen LogP contribution in [0, 0.1) is 17.8 Å². The Hall–Kier alpha value is -1.51. The number of nitrogens with zero attached hydrogens (tertiary/aromatic N) is 1. The number of anilines is 1. The molecule has 1 aliphatic heterocycles. The molecule has 35 heavy (non-hydrogen) atoms. The number of carbonyl (C=O) groups is 1. The van der Waals surface area contributed by atoms with Crippen LogP contribution in [0.3, 0.4) is 0 Å². The lowest BCUT2D eigenvalue weighted by Crippen LogP contribution is -2.35. The van der Waals surface area contributed by atoms with Crippen molar-refractivity contribution in [2.75, 3.05) is 17.6 Å². The molecule has 2 aliphatic rings. The summed E-state index contributed by atoms with van der Waals surface area (Å²) in [6, 6.07) is 10.5. The maximum Gasteiger partial charge on any atom is 0.391 e. The Kier molecular flexibility index (Phi) is 8.54. The van der Waals surface area contributed by atoms with Gasteiger partial charge in [-0.25, -0.2) is 0 Å². The summed E-state index contributed by atoms with van der Waals surface area (Å²) < 4.78 is 39.1. The second kappa shape index (κ2) is 11.3. The molecule has 4 rings (SSSR count). The minimum absolute atomic E-state index is 0.0137. The van der Waals surface area contributed by atoms with E-state index in [9.17, 15) is 18.0 Å². The molecule has 1 amide bonds. The number of hydrogen-bond donors (Lipinski definition) is 1. The summed E-state index contributed by atoms with van der Waals surface area (Å²) in [6.07, 6.45) is -1.89. The molecule has 0 bridgehead atoms. The zero-order chi connectivity index (χ0) is 25.2. The van der Waals surface area contributed by atoms with Gasteiger partial charge in [-0.3, -0.25) is 9.69 Å². The molecule has 1 unspecified atom stereocenters. The fraction of sp³-hybridized carbons (Fsp3) is 0.593. The molecule has 1 atom stereocenters. The quantitative estimate of drug-likeness (QED) is 0.356. The topological polar surface area (TPSA) is 32.3 Å². The van der Waals surface area contributed by atoms with E-state index >= 15 is 0 Å². The number of fused-ring (bicyclic) bond motifs is 1. The van der Waals surface area contributed by atoms with Crippen LogP contribution in [0.1, 0.15) is 68.5 Å². The smallest absolute Gasteiger partial charge is 0.317 e. The monoisotopic (exact) mass is 524 g/mol. The number of alkyl halides is 3. The van der Waals surface area contributed by atoms with E-state index in [2.05, 4.69) is 49.2 Å². The third kappa shape index (κ3) is 6.63. The Morgan fingerprint density at radius 2 is 1.86 bits per heavy atom. The molecular weight excluding hydrogens is 489 g/mol. The Bertz CT molecular complexity index is 995. The summed E-state index contributed by atoms with van der Waals surface area (Å²) in [5.41, 5.74) is 2.24. The van der Waals surface area contributed by atoms with Gasteiger partial charge in [0, 0.05) is 28.9 Å². The minimum Gasteiger partial charge on any atom is -0.317 e. The molecule has 1 aromatic heterocycles. The molecule has 3 nitrogen and oxygen atoms in total. The number of halogens is 3. The van der Waals surface area contributed by atoms with Crippen LogP contribution in [0.25, 0.3) is 0 Å². The highest BCUT2D eigenvalue weighted by Crippen LogP contribution is 2.47. The molecule has 1 aromatic carbocycles. The normalized spacial score (nSPS) is 23.0. The van der Waals surface area contributed by atoms with Crippen molar-refractivity contribution in [1.29, 1.82) is 0 Å². The molecule has 1 aliphatic carbocycles. The standard InChI is InChI=1S/C27H35F3N2OS2/c1-4-34-22-11-7-18(8-12-22)13-23(33)31-24-14-20-16-32(25(17(2)3)26(20)35-24)15-19-5-9-21(10-6-19)27(28,29)30/h7-8,11-12,14,17,19,21,25H,4-6,9-10,13,15-16H2,1-3H3,(H,31,33)/t19-,21-,25?. The molecular formula is C27H35F3N2OS2. The van der Waals surface area contributed by atoms with E-state index in [0.717, 1.165) is 29.4 Å². The second-order valence-corrected chi connectivity index (χ2v) is 12.6. The predicted octanol–water partition coefficient (Wildman–Crippen LogP) is 7.92. The van der Waals surface area contributed by atoms with E-state index in [0.29, 0.717) is 31.1 Å². The number of hydrogen-bond acceptors (Lipinski definition) is 4. The lowest BCUT2D eigenvalue weighted by Gasteiger charge is -2.35. The van der Waals surface area contributed by atoms with Crippen LogP contribution in [-0.2, 0) is 17.8 Å². The first-order chi connectivity index (χ1) is 16.6. The highest BCUT2D eigenvalue weighted by Gasteiger charge is 2.42. The second-order valence-electron chi connectivity index (χ2n) is 10.2. The third-order valence-electron chi connectivity index (χ3n) is 7.17. The van der Waals surface area contributed by atoms with Crippen molar-refractivity contribution in [3.05, 3.63) is 46.3 Å². The SMILES string of the molecule is CCSc1ccc(CC(=O)Nc2cc3c(s2)C(C(C)C)N(C[C@H]2CC[C@H](C(F)(F)F)CC2)C3)cc1. The predicted molar refractivity (Wildman–Crippen MR) is 139 cm³/mol. The van der Waals surface area contributed by atoms with Crippen molar-refractivity contribution in [2.45, 2.75) is 76.5 Å². The van der Waals surface area contributed by atoms with Crippen molar-refractivity contribution < 1.29 is 18.0 Å². The number of nitrogens with one attached hydrogen (secondary N) is 1. The van der Waals surface area contributed by atoms with Crippen molar-refractivity contribution in [3.63, 3.8) is 0 Å². The van der Waals surface area contributed by atoms with Crippen LogP contribution in [0.15, 0.2) is 35.2 Å². The van der Waals surface area contributed by atoms with Crippen molar-refractivity contribution in [3.8, 4) is 0 Å². The van der Waals surface area contributed by atoms with Gasteiger partial charge in [-0.2, -0.15) is 13.2 Å². The van der Waals surface area contributed by atoms with E-state index < -0.39 is 12.1 Å². The molecule has 8 heteroatoms. The fourth-order valence-corrected chi connectivity index (χ4v) is 7.57. The van der Waals surface area contributed by atoms with E-state index in [4.69, 9.17) is 0 Å². The van der Waals surface area contributed by atoms with Crippen LogP contribution in [0.5, 0.6) is 0 Å². The summed E-state index contributed by atoms with van der Waals surface area (Å²) in [5, 5.41) is 3.97. The molecule has 1 saturated carbocycles. The van der Waals surface area contributed by atoms with Gasteiger partial charge < -0.3 is 5.32 Å². The first kappa shape index (κ1) is 26.6. The minimum atomic E-state index is -4.05. The number of thioether (sulfide) groups is 1. The van der Waals surface area contributed by atoms with Gasteiger partial charge in [0.2, 0.25) is 5.91 Å². The first-order valence-corrected chi connectivity index (χ1v) is 14.4. The van der Waals surface area contributed by atoms with Gasteiger partial charge in [-0.1, -0.05) is 32.9 Å². The molecule has 2 aromatic rings. The highest BCUT2D eigenvalue weighted by atomic mass is 32.2. The molecule has 1 N–H and O–H groups in total. The van der Waals surface area contributed by atoms with Gasteiger partial charge in [0.25, 0.3) is 0 Å². The summed E-state index contributed by atoms with van der Waals surface area (Å²) >= 11 is 3.44. The van der Waals surface area contributed by atoms with Gasteiger partial charge in [0.1, 0.15) is 0 Å². The third-order valence-corrected chi connectivity index (χ3v) is 9.23. The van der Waals surface area contributed by atoms with Gasteiger partial charge in [0.05, 0.1) is 17.3 Å². The van der Waals surface area contributed by atoms with E-state index in [1.807, 2.05) is 12.1 Å². The highest BCUT2D eigenvalue weighted by molar-refractivity contribution is 7.99. The maximum atomic E-state index is 13.0. The Morgan fingerprint density at radius 1 is 1.17 bits per heavy atom. The van der Waals surface area contributed by atoms with Crippen LogP contribution >= 0.6 is 23.1 Å². The number of amides is 1. The van der Waals surface area contributed by atoms with E-state index in [-0.39, 0.29) is 24.8 Å². The fourth-order valence-electron chi connectivity index (χ4n) is 5.50. The van der Waals surface area contributed by atoms with Crippen LogP contribution < -0.4 is 5.32 Å². The van der Waals surface area contributed by atoms with Gasteiger partial charge in [-0.05, 0) is 72.6 Å². The molecule has 2 heterocycles. The molecule has 0 radical (unpaired) electrons. The summed E-state index contributed by atoms with van der Waals surface area (Å²) in [4.78, 5) is 17.6. The summed E-state index contributed by atoms with van der Waals surface area (Å²) in [7, 11) is 0. The number of benzene rings is 1. The van der Waals surface area contributed by atoms with E-state index in [1.165, 1.54) is 15.3 Å². The maximum absolute atomic E-state index is 13.0. The molecule has 0 spiro atoms. The van der Waals surface area contributed by atoms with Crippen LogP contribution in [-0.4, -0.2) is 29.3 Å². The summed E-state index contributed by atoms with van der Waals surface area (Å²) in [5.74, 6) is 0.602. The van der Waals surface area contributed by atoms with E-state index in [1.54, 1.807) is 23.1 Å². The average Bonchev–Trinajstić information content (AvgIpc) is 3.31. The number of rotatable bonds is 8. The molecule has 0 saturated heterocycles. The summed E-state index contributed by atoms with van der Waals surface area (Å²) in [6.45, 7) is 8.18. The average molecular weight is 525 g/mol. The first-order valence-electron chi connectivity index (χ1n) is 12.6. The number of carbonyl (C=O) groups excluding carboxylic acids is 1. The zero-order valence-electron chi connectivity index (χ0n) is 20.7. The van der Waals surface area contributed by atoms with Crippen LogP contribution in [0.4, 0.5) is 18.2 Å². The lowest BCUT2D eigenvalue weighted by atomic mass is 9.81. The molecule has 192 valence electrons. The Balaban J connectivity index is 1.34. The van der Waals surface area contributed by atoms with Gasteiger partial charge in [0.15, 0.2) is 0 Å². The van der Waals surface area contributed by atoms with Crippen LogP contribution in [0.2, 0.25) is 0 Å². The Morgan fingerprint density at radius 3 is 2.46 bits per heavy atom. The number of thiophene rings is 1.